The number of oxazole rings is 1. The summed E-state index contributed by atoms with van der Waals surface area (Å²) in [7, 11) is -1.79. The topological polar surface area (TPSA) is 56.9 Å². The predicted octanol–water partition coefficient (Wildman–Crippen LogP) is 7.54. The van der Waals surface area contributed by atoms with Crippen LogP contribution in [-0.4, -0.2) is 31.3 Å². The maximum atomic E-state index is 6.56. The van der Waals surface area contributed by atoms with E-state index in [0.717, 1.165) is 18.4 Å². The normalized spacial score (nSPS) is 16.6. The lowest BCUT2D eigenvalue weighted by Gasteiger charge is -2.24. The van der Waals surface area contributed by atoms with E-state index in [2.05, 4.69) is 40.4 Å². The molecule has 3 rings (SSSR count). The molecule has 0 saturated carbocycles. The fourth-order valence-corrected chi connectivity index (χ4v) is 4.95. The summed E-state index contributed by atoms with van der Waals surface area (Å²) in [6.07, 6.45) is 8.28. The van der Waals surface area contributed by atoms with Crippen molar-refractivity contribution in [3.05, 3.63) is 41.9 Å². The van der Waals surface area contributed by atoms with E-state index in [-0.39, 0.29) is 11.6 Å². The van der Waals surface area contributed by atoms with Crippen molar-refractivity contribution >= 4 is 14.2 Å². The number of aromatic nitrogens is 1. The Morgan fingerprint density at radius 2 is 1.72 bits per heavy atom. The van der Waals surface area contributed by atoms with Crippen molar-refractivity contribution in [1.82, 2.24) is 4.98 Å². The van der Waals surface area contributed by atoms with Gasteiger partial charge in [-0.2, -0.15) is 0 Å². The smallest absolute Gasteiger partial charge is 0.240 e. The van der Waals surface area contributed by atoms with Crippen molar-refractivity contribution in [1.29, 1.82) is 0 Å². The summed E-state index contributed by atoms with van der Waals surface area (Å²) in [6, 6.07) is 10.1. The van der Waals surface area contributed by atoms with Gasteiger partial charge >= 0.3 is 0 Å². The molecule has 0 fully saturated rings. The minimum atomic E-state index is -1.79. The van der Waals surface area contributed by atoms with E-state index in [4.69, 9.17) is 23.6 Å². The molecular weight excluding hydrogens is 416 g/mol. The third-order valence-electron chi connectivity index (χ3n) is 5.44. The fraction of sp³-hybridized carbons (Fsp3) is 0.615. The van der Waals surface area contributed by atoms with Gasteiger partial charge in [-0.1, -0.05) is 75.8 Å². The third kappa shape index (κ3) is 7.04. The first-order valence-corrected chi connectivity index (χ1v) is 15.6. The lowest BCUT2D eigenvalue weighted by atomic mass is 10.1. The Morgan fingerprint density at radius 3 is 2.34 bits per heavy atom. The fourth-order valence-electron chi connectivity index (χ4n) is 3.88. The molecule has 0 radical (unpaired) electrons. The molecule has 0 saturated heterocycles. The van der Waals surface area contributed by atoms with Gasteiger partial charge < -0.3 is 13.6 Å². The largest absolute Gasteiger partial charge is 0.474 e. The first-order chi connectivity index (χ1) is 15.2. The van der Waals surface area contributed by atoms with E-state index < -0.39 is 8.32 Å². The summed E-state index contributed by atoms with van der Waals surface area (Å²) in [5.41, 5.74) is 1.40. The maximum absolute atomic E-state index is 6.56. The second-order valence-corrected chi connectivity index (χ2v) is 14.8. The van der Waals surface area contributed by atoms with E-state index in [1.807, 2.05) is 30.3 Å². The number of ether oxygens (including phenoxy) is 1. The highest BCUT2D eigenvalue weighted by Crippen LogP contribution is 2.34. The van der Waals surface area contributed by atoms with Gasteiger partial charge in [-0.05, 0) is 39.9 Å². The van der Waals surface area contributed by atoms with Crippen LogP contribution in [0, 0.1) is 0 Å². The molecule has 1 aliphatic heterocycles. The lowest BCUT2D eigenvalue weighted by molar-refractivity contribution is 0.149. The van der Waals surface area contributed by atoms with Crippen molar-refractivity contribution in [3.63, 3.8) is 0 Å². The summed E-state index contributed by atoms with van der Waals surface area (Å²) >= 11 is 0. The van der Waals surface area contributed by atoms with Gasteiger partial charge in [0.25, 0.3) is 0 Å². The Morgan fingerprint density at radius 1 is 1.03 bits per heavy atom. The Bertz CT molecular complexity index is 884. The van der Waals surface area contributed by atoms with Crippen LogP contribution in [0.15, 0.2) is 39.7 Å². The first-order valence-electron chi connectivity index (χ1n) is 12.2. The molecule has 176 valence electrons. The minimum Gasteiger partial charge on any atom is -0.474 e. The monoisotopic (exact) mass is 456 g/mol. The molecule has 6 heteroatoms. The SMILES string of the molecule is CCCCCCCCC(O[Si](C)(C)C)c1nc(C2=NC(C)(C)CO2)c(-c2ccccc2)o1. The molecule has 1 aliphatic rings. The molecule has 32 heavy (non-hydrogen) atoms. The molecule has 1 aromatic carbocycles. The van der Waals surface area contributed by atoms with E-state index >= 15 is 0 Å². The van der Waals surface area contributed by atoms with Crippen LogP contribution in [0.3, 0.4) is 0 Å². The van der Waals surface area contributed by atoms with Gasteiger partial charge in [0.1, 0.15) is 12.7 Å². The van der Waals surface area contributed by atoms with Gasteiger partial charge in [-0.15, -0.1) is 0 Å². The van der Waals surface area contributed by atoms with Crippen molar-refractivity contribution in [2.45, 2.75) is 97.0 Å². The number of rotatable bonds is 12. The van der Waals surface area contributed by atoms with Crippen molar-refractivity contribution < 1.29 is 13.6 Å². The molecule has 0 amide bonds. The van der Waals surface area contributed by atoms with Gasteiger partial charge in [0.05, 0.1) is 5.54 Å². The highest BCUT2D eigenvalue weighted by atomic mass is 28.4. The van der Waals surface area contributed by atoms with Crippen LogP contribution in [-0.2, 0) is 9.16 Å². The molecule has 0 spiro atoms. The Labute approximate surface area is 194 Å². The van der Waals surface area contributed by atoms with Crippen molar-refractivity contribution in [2.24, 2.45) is 4.99 Å². The Balaban J connectivity index is 1.88. The molecule has 0 N–H and O–H groups in total. The average molecular weight is 457 g/mol. The molecular formula is C26H40N2O3Si. The van der Waals surface area contributed by atoms with Crippen molar-refractivity contribution in [3.8, 4) is 11.3 Å². The number of aliphatic imine (C=N–C) groups is 1. The highest BCUT2D eigenvalue weighted by Gasteiger charge is 2.34. The molecule has 1 atom stereocenters. The standard InChI is InChI=1S/C26H40N2O3Si/c1-7-8-9-10-11-15-18-21(31-32(4,5)6)24-27-22(25-28-26(2,3)19-29-25)23(30-24)20-16-13-12-14-17-20/h12-14,16-17,21H,7-11,15,18-19H2,1-6H3. The number of hydrogen-bond donors (Lipinski definition) is 0. The number of hydrogen-bond acceptors (Lipinski definition) is 5. The zero-order valence-electron chi connectivity index (χ0n) is 20.7. The van der Waals surface area contributed by atoms with Gasteiger partial charge in [0, 0.05) is 5.56 Å². The summed E-state index contributed by atoms with van der Waals surface area (Å²) in [5.74, 6) is 1.92. The van der Waals surface area contributed by atoms with Crippen LogP contribution in [0.5, 0.6) is 0 Å². The molecule has 5 nitrogen and oxygen atoms in total. The summed E-state index contributed by atoms with van der Waals surface area (Å²) in [5, 5.41) is 0. The second kappa shape index (κ2) is 10.8. The second-order valence-electron chi connectivity index (χ2n) is 10.4. The van der Waals surface area contributed by atoms with Crippen LogP contribution >= 0.6 is 0 Å². The summed E-state index contributed by atoms with van der Waals surface area (Å²) in [6.45, 7) is 13.6. The zero-order chi connectivity index (χ0) is 23.2. The Hall–Kier alpha value is -1.92. The van der Waals surface area contributed by atoms with Crippen LogP contribution in [0.1, 0.15) is 83.4 Å². The van der Waals surface area contributed by atoms with Gasteiger partial charge in [-0.3, -0.25) is 0 Å². The molecule has 0 aliphatic carbocycles. The van der Waals surface area contributed by atoms with Crippen LogP contribution < -0.4 is 0 Å². The van der Waals surface area contributed by atoms with Crippen LogP contribution in [0.25, 0.3) is 11.3 Å². The number of nitrogens with zero attached hydrogens (tertiary/aromatic N) is 2. The van der Waals surface area contributed by atoms with Crippen molar-refractivity contribution in [2.75, 3.05) is 6.61 Å². The van der Waals surface area contributed by atoms with E-state index in [9.17, 15) is 0 Å². The molecule has 1 unspecified atom stereocenters. The average Bonchev–Trinajstić information content (AvgIpc) is 3.33. The zero-order valence-corrected chi connectivity index (χ0v) is 21.7. The van der Waals surface area contributed by atoms with Crippen LogP contribution in [0.4, 0.5) is 0 Å². The summed E-state index contributed by atoms with van der Waals surface area (Å²) < 4.78 is 18.9. The first kappa shape index (κ1) is 24.7. The predicted molar refractivity (Wildman–Crippen MR) is 134 cm³/mol. The van der Waals surface area contributed by atoms with E-state index in [0.29, 0.717) is 29.8 Å². The molecule has 0 bridgehead atoms. The lowest BCUT2D eigenvalue weighted by Crippen LogP contribution is -2.28. The van der Waals surface area contributed by atoms with E-state index in [1.54, 1.807) is 0 Å². The van der Waals surface area contributed by atoms with Crippen LogP contribution in [0.2, 0.25) is 19.6 Å². The van der Waals surface area contributed by atoms with E-state index in [1.165, 1.54) is 32.1 Å². The highest BCUT2D eigenvalue weighted by molar-refractivity contribution is 6.69. The quantitative estimate of drug-likeness (QED) is 0.244. The third-order valence-corrected chi connectivity index (χ3v) is 6.43. The molecule has 1 aromatic heterocycles. The van der Waals surface area contributed by atoms with Gasteiger partial charge in [0.15, 0.2) is 19.8 Å². The minimum absolute atomic E-state index is 0.140. The van der Waals surface area contributed by atoms with Gasteiger partial charge in [-0.25, -0.2) is 9.98 Å². The summed E-state index contributed by atoms with van der Waals surface area (Å²) in [4.78, 5) is 9.69. The molecule has 2 heterocycles. The number of unbranched alkanes of at least 4 members (excludes halogenated alkanes) is 5. The number of benzene rings is 1. The maximum Gasteiger partial charge on any atom is 0.240 e. The van der Waals surface area contributed by atoms with Gasteiger partial charge in [0.2, 0.25) is 11.8 Å². The Kier molecular flexibility index (Phi) is 8.34. The molecule has 2 aromatic rings.